The van der Waals surface area contributed by atoms with Crippen molar-refractivity contribution in [2.45, 2.75) is 38.6 Å². The minimum Gasteiger partial charge on any atom is -0.383 e. The monoisotopic (exact) mass is 469 g/mol. The Kier molecular flexibility index (Phi) is 9.60. The first kappa shape index (κ1) is 25.8. The van der Waals surface area contributed by atoms with Crippen LogP contribution in [0, 0.1) is 5.82 Å². The lowest BCUT2D eigenvalue weighted by molar-refractivity contribution is -0.124. The third-order valence-corrected chi connectivity index (χ3v) is 6.47. The fourth-order valence-corrected chi connectivity index (χ4v) is 4.60. The molecule has 6 nitrogen and oxygen atoms in total. The van der Waals surface area contributed by atoms with Gasteiger partial charge in [-0.2, -0.15) is 0 Å². The summed E-state index contributed by atoms with van der Waals surface area (Å²) in [5.41, 5.74) is 1.94. The van der Waals surface area contributed by atoms with Gasteiger partial charge in [0.25, 0.3) is 5.91 Å². The van der Waals surface area contributed by atoms with Crippen molar-refractivity contribution < 1.29 is 18.7 Å². The molecule has 0 unspecified atom stereocenters. The Morgan fingerprint density at radius 3 is 2.53 bits per heavy atom. The van der Waals surface area contributed by atoms with Crippen molar-refractivity contribution in [2.75, 3.05) is 46.4 Å². The van der Waals surface area contributed by atoms with E-state index in [1.54, 1.807) is 30.2 Å². The van der Waals surface area contributed by atoms with Gasteiger partial charge in [-0.05, 0) is 48.8 Å². The van der Waals surface area contributed by atoms with Crippen LogP contribution in [0.4, 0.5) is 4.39 Å². The highest BCUT2D eigenvalue weighted by Gasteiger charge is 2.43. The molecular formula is C27H36FN3O3. The van der Waals surface area contributed by atoms with Crippen LogP contribution in [-0.4, -0.2) is 68.1 Å². The maximum Gasteiger partial charge on any atom is 0.254 e. The van der Waals surface area contributed by atoms with Crippen LogP contribution in [0.15, 0.2) is 48.5 Å². The van der Waals surface area contributed by atoms with Crippen LogP contribution in [0.3, 0.4) is 0 Å². The number of likely N-dealkylation sites (N-methyl/N-ethyl adjacent to an activating group) is 1. The van der Waals surface area contributed by atoms with E-state index in [4.69, 9.17) is 4.74 Å². The lowest BCUT2D eigenvalue weighted by Crippen LogP contribution is -2.49. The second kappa shape index (κ2) is 12.6. The summed E-state index contributed by atoms with van der Waals surface area (Å²) in [5, 5.41) is 3.11. The molecule has 0 aromatic heterocycles. The Labute approximate surface area is 202 Å². The van der Waals surface area contributed by atoms with Crippen LogP contribution in [0.1, 0.15) is 60.1 Å². The first-order valence-electron chi connectivity index (χ1n) is 12.2. The molecule has 2 aromatic carbocycles. The highest BCUT2D eigenvalue weighted by atomic mass is 19.1. The summed E-state index contributed by atoms with van der Waals surface area (Å²) in [6.45, 7) is 8.19. The molecule has 1 aliphatic rings. The molecule has 34 heavy (non-hydrogen) atoms. The Morgan fingerprint density at radius 2 is 1.85 bits per heavy atom. The Balaban J connectivity index is 1.92. The molecular weight excluding hydrogens is 433 g/mol. The molecule has 3 rings (SSSR count). The molecule has 0 saturated heterocycles. The van der Waals surface area contributed by atoms with Crippen molar-refractivity contribution in [3.8, 4) is 0 Å². The summed E-state index contributed by atoms with van der Waals surface area (Å²) in [4.78, 5) is 31.1. The smallest absolute Gasteiger partial charge is 0.254 e. The number of amides is 2. The van der Waals surface area contributed by atoms with Crippen LogP contribution < -0.4 is 5.32 Å². The number of ether oxygens (including phenoxy) is 1. The maximum atomic E-state index is 13.7. The lowest BCUT2D eigenvalue weighted by atomic mass is 9.79. The molecule has 0 aliphatic carbocycles. The normalized spacial score (nSPS) is 17.7. The second-order valence-electron chi connectivity index (χ2n) is 8.63. The Morgan fingerprint density at radius 1 is 1.12 bits per heavy atom. The largest absolute Gasteiger partial charge is 0.383 e. The number of rotatable bonds is 12. The standard InChI is InChI=1S/C27H36FN3O3/c1-4-6-16-30(5-2)17-15-29-26(32)24-22-9-7-8-10-23(22)27(33)31(18-19-34-3)25(24)20-11-13-21(28)14-12-20/h7-14,24-25H,4-6,15-19H2,1-3H3,(H,29,32)/t24-,25+/m0/s1. The zero-order valence-electron chi connectivity index (χ0n) is 20.4. The topological polar surface area (TPSA) is 61.9 Å². The van der Waals surface area contributed by atoms with Gasteiger partial charge in [0, 0.05) is 32.3 Å². The van der Waals surface area contributed by atoms with E-state index >= 15 is 0 Å². The molecule has 7 heteroatoms. The van der Waals surface area contributed by atoms with Crippen molar-refractivity contribution in [1.82, 2.24) is 15.1 Å². The van der Waals surface area contributed by atoms with E-state index in [9.17, 15) is 14.0 Å². The van der Waals surface area contributed by atoms with E-state index in [1.807, 2.05) is 18.2 Å². The number of nitrogens with zero attached hydrogens (tertiary/aromatic N) is 2. The van der Waals surface area contributed by atoms with Gasteiger partial charge >= 0.3 is 0 Å². The fraction of sp³-hybridized carbons (Fsp3) is 0.481. The number of benzene rings is 2. The van der Waals surface area contributed by atoms with Crippen LogP contribution in [0.5, 0.6) is 0 Å². The van der Waals surface area contributed by atoms with Gasteiger partial charge in [0.1, 0.15) is 5.82 Å². The van der Waals surface area contributed by atoms with E-state index < -0.39 is 12.0 Å². The number of nitrogens with one attached hydrogen (secondary N) is 1. The first-order valence-corrected chi connectivity index (χ1v) is 12.2. The SMILES string of the molecule is CCCCN(CC)CCNC(=O)[C@H]1c2ccccc2C(=O)N(CCOC)[C@@H]1c1ccc(F)cc1. The molecule has 2 amide bonds. The van der Waals surface area contributed by atoms with Crippen LogP contribution in [0.25, 0.3) is 0 Å². The van der Waals surface area contributed by atoms with Crippen LogP contribution in [0.2, 0.25) is 0 Å². The maximum absolute atomic E-state index is 13.7. The highest BCUT2D eigenvalue weighted by molar-refractivity contribution is 6.01. The van der Waals surface area contributed by atoms with Crippen LogP contribution in [-0.2, 0) is 9.53 Å². The number of halogens is 1. The summed E-state index contributed by atoms with van der Waals surface area (Å²) in [5.74, 6) is -1.25. The number of carbonyl (C=O) groups is 2. The minimum atomic E-state index is -0.609. The number of hydrogen-bond acceptors (Lipinski definition) is 4. The highest BCUT2D eigenvalue weighted by Crippen LogP contribution is 2.42. The Hall–Kier alpha value is -2.77. The summed E-state index contributed by atoms with van der Waals surface area (Å²) in [6, 6.07) is 12.8. The van der Waals surface area contributed by atoms with E-state index in [-0.39, 0.29) is 17.6 Å². The molecule has 1 N–H and O–H groups in total. The number of unbranched alkanes of at least 4 members (excludes halogenated alkanes) is 1. The average molecular weight is 470 g/mol. The van der Waals surface area contributed by atoms with Crippen molar-refractivity contribution in [2.24, 2.45) is 0 Å². The van der Waals surface area contributed by atoms with Gasteiger partial charge in [0.2, 0.25) is 5.91 Å². The second-order valence-corrected chi connectivity index (χ2v) is 8.63. The third kappa shape index (κ3) is 6.02. The molecule has 0 spiro atoms. The predicted molar refractivity (Wildman–Crippen MR) is 131 cm³/mol. The molecule has 2 aromatic rings. The van der Waals surface area contributed by atoms with Crippen molar-refractivity contribution in [1.29, 1.82) is 0 Å². The lowest BCUT2D eigenvalue weighted by Gasteiger charge is -2.41. The quantitative estimate of drug-likeness (QED) is 0.511. The number of methoxy groups -OCH3 is 1. The summed E-state index contributed by atoms with van der Waals surface area (Å²) in [6.07, 6.45) is 2.26. The number of hydrogen-bond donors (Lipinski definition) is 1. The van der Waals surface area contributed by atoms with E-state index in [1.165, 1.54) is 12.1 Å². The molecule has 0 bridgehead atoms. The van der Waals surface area contributed by atoms with E-state index in [0.29, 0.717) is 30.8 Å². The van der Waals surface area contributed by atoms with Gasteiger partial charge in [0.15, 0.2) is 0 Å². The van der Waals surface area contributed by atoms with Crippen molar-refractivity contribution in [3.05, 3.63) is 71.0 Å². The van der Waals surface area contributed by atoms with Gasteiger partial charge in [-0.1, -0.05) is 50.6 Å². The molecule has 2 atom stereocenters. The summed E-state index contributed by atoms with van der Waals surface area (Å²) >= 11 is 0. The molecule has 1 aliphatic heterocycles. The van der Waals surface area contributed by atoms with Crippen molar-refractivity contribution in [3.63, 3.8) is 0 Å². The van der Waals surface area contributed by atoms with Gasteiger partial charge in [-0.15, -0.1) is 0 Å². The molecule has 1 heterocycles. The predicted octanol–water partition coefficient (Wildman–Crippen LogP) is 3.99. The average Bonchev–Trinajstić information content (AvgIpc) is 2.85. The van der Waals surface area contributed by atoms with E-state index in [0.717, 1.165) is 38.0 Å². The van der Waals surface area contributed by atoms with E-state index in [2.05, 4.69) is 24.1 Å². The van der Waals surface area contributed by atoms with Gasteiger partial charge in [0.05, 0.1) is 18.6 Å². The minimum absolute atomic E-state index is 0.136. The van der Waals surface area contributed by atoms with Gasteiger partial charge in [-0.25, -0.2) is 4.39 Å². The Bertz CT molecular complexity index is 950. The number of fused-ring (bicyclic) bond motifs is 1. The van der Waals surface area contributed by atoms with Gasteiger partial charge < -0.3 is 19.9 Å². The third-order valence-electron chi connectivity index (χ3n) is 6.47. The van der Waals surface area contributed by atoms with Gasteiger partial charge in [-0.3, -0.25) is 9.59 Å². The number of carbonyl (C=O) groups excluding carboxylic acids is 2. The molecule has 184 valence electrons. The molecule has 0 radical (unpaired) electrons. The molecule has 0 saturated carbocycles. The summed E-state index contributed by atoms with van der Waals surface area (Å²) < 4.78 is 19.0. The van der Waals surface area contributed by atoms with Crippen molar-refractivity contribution >= 4 is 11.8 Å². The zero-order valence-corrected chi connectivity index (χ0v) is 20.4. The zero-order chi connectivity index (χ0) is 24.5. The molecule has 0 fully saturated rings. The summed E-state index contributed by atoms with van der Waals surface area (Å²) in [7, 11) is 1.58. The fourth-order valence-electron chi connectivity index (χ4n) is 4.60. The van der Waals surface area contributed by atoms with Crippen LogP contribution >= 0.6 is 0 Å². The first-order chi connectivity index (χ1) is 16.5.